The van der Waals surface area contributed by atoms with Crippen molar-refractivity contribution in [2.45, 2.75) is 83.6 Å². The number of carbonyl (C=O) groups is 2. The molecule has 1 saturated carbocycles. The summed E-state index contributed by atoms with van der Waals surface area (Å²) in [5.41, 5.74) is 0.650. The maximum absolute atomic E-state index is 13.8. The van der Waals surface area contributed by atoms with E-state index in [1.165, 1.54) is 6.42 Å². The molecule has 0 spiro atoms. The molecule has 0 bridgehead atoms. The lowest BCUT2D eigenvalue weighted by Crippen LogP contribution is -2.64. The number of nitrogens with one attached hydrogen (secondary N) is 1. The van der Waals surface area contributed by atoms with Crippen molar-refractivity contribution in [2.24, 2.45) is 0 Å². The van der Waals surface area contributed by atoms with Crippen LogP contribution in [0.5, 0.6) is 5.75 Å². The molecule has 1 fully saturated rings. The zero-order valence-electron chi connectivity index (χ0n) is 20.2. The van der Waals surface area contributed by atoms with Gasteiger partial charge in [0, 0.05) is 18.0 Å². The van der Waals surface area contributed by atoms with Crippen molar-refractivity contribution in [1.82, 2.24) is 14.8 Å². The van der Waals surface area contributed by atoms with Crippen molar-refractivity contribution >= 4 is 33.4 Å². The summed E-state index contributed by atoms with van der Waals surface area (Å²) < 4.78 is 7.81. The van der Waals surface area contributed by atoms with Crippen molar-refractivity contribution in [1.29, 1.82) is 0 Å². The highest BCUT2D eigenvalue weighted by Gasteiger charge is 2.48. The van der Waals surface area contributed by atoms with Crippen molar-refractivity contribution in [3.05, 3.63) is 53.0 Å². The fraction of sp³-hybridized carbons (Fsp3) is 0.481. The molecular formula is C27H33N3O3S. The van der Waals surface area contributed by atoms with Gasteiger partial charge in [0.2, 0.25) is 5.91 Å². The molecule has 0 saturated heterocycles. The first-order chi connectivity index (χ1) is 16.3. The van der Waals surface area contributed by atoms with Crippen LogP contribution in [0.2, 0.25) is 0 Å². The zero-order valence-corrected chi connectivity index (χ0v) is 21.0. The van der Waals surface area contributed by atoms with Crippen LogP contribution in [0.1, 0.15) is 68.9 Å². The molecular weight excluding hydrogens is 446 g/mol. The van der Waals surface area contributed by atoms with Crippen LogP contribution in [0.4, 0.5) is 0 Å². The predicted molar refractivity (Wildman–Crippen MR) is 135 cm³/mol. The monoisotopic (exact) mass is 479 g/mol. The molecule has 180 valence electrons. The minimum atomic E-state index is -0.982. The summed E-state index contributed by atoms with van der Waals surface area (Å²) in [5.74, 6) is 0.644. The predicted octanol–water partition coefficient (Wildman–Crippen LogP) is 5.35. The average molecular weight is 480 g/mol. The summed E-state index contributed by atoms with van der Waals surface area (Å²) in [5, 5.41) is 6.39. The molecule has 3 aromatic rings. The second-order valence-electron chi connectivity index (χ2n) is 10.1. The average Bonchev–Trinajstić information content (AvgIpc) is 3.40. The standard InChI is InChI=1S/C27H33N3O3S/c1-18(2)33-22-11-9-19(10-12-22)16-30-24(31)23-15-20-13-14-34-25(20)29(23)17-27(30,3)26(32)28-21-7-5-4-6-8-21/h9-15,18,21H,4-8,16-17H2,1-3H3,(H,28,32). The van der Waals surface area contributed by atoms with E-state index in [1.54, 1.807) is 16.2 Å². The maximum Gasteiger partial charge on any atom is 0.271 e. The highest BCUT2D eigenvalue weighted by atomic mass is 32.1. The molecule has 5 rings (SSSR count). The van der Waals surface area contributed by atoms with Crippen LogP contribution in [-0.4, -0.2) is 39.0 Å². The summed E-state index contributed by atoms with van der Waals surface area (Å²) in [7, 11) is 0. The number of fused-ring (bicyclic) bond motifs is 3. The van der Waals surface area contributed by atoms with E-state index in [0.717, 1.165) is 47.2 Å². The molecule has 6 nitrogen and oxygen atoms in total. The first-order valence-corrected chi connectivity index (χ1v) is 13.2. The smallest absolute Gasteiger partial charge is 0.271 e. The third-order valence-corrected chi connectivity index (χ3v) is 8.05. The van der Waals surface area contributed by atoms with E-state index in [1.807, 2.05) is 67.1 Å². The quantitative estimate of drug-likeness (QED) is 0.518. The fourth-order valence-electron chi connectivity index (χ4n) is 5.22. The molecule has 1 aliphatic heterocycles. The van der Waals surface area contributed by atoms with Crippen LogP contribution in [0.15, 0.2) is 41.8 Å². The number of thiophene rings is 1. The first kappa shape index (κ1) is 23.0. The van der Waals surface area contributed by atoms with Crippen molar-refractivity contribution in [2.75, 3.05) is 0 Å². The summed E-state index contributed by atoms with van der Waals surface area (Å²) >= 11 is 1.62. The van der Waals surface area contributed by atoms with E-state index in [4.69, 9.17) is 4.74 Å². The van der Waals surface area contributed by atoms with Crippen LogP contribution >= 0.6 is 11.3 Å². The van der Waals surface area contributed by atoms with Gasteiger partial charge in [0.05, 0.1) is 12.6 Å². The number of benzene rings is 1. The Hall–Kier alpha value is -2.80. The molecule has 0 radical (unpaired) electrons. The minimum Gasteiger partial charge on any atom is -0.491 e. The van der Waals surface area contributed by atoms with Gasteiger partial charge in [-0.25, -0.2) is 0 Å². The number of aromatic nitrogens is 1. The highest BCUT2D eigenvalue weighted by molar-refractivity contribution is 7.16. The van der Waals surface area contributed by atoms with Gasteiger partial charge in [-0.3, -0.25) is 9.59 Å². The van der Waals surface area contributed by atoms with Crippen LogP contribution in [0.3, 0.4) is 0 Å². The van der Waals surface area contributed by atoms with Crippen molar-refractivity contribution in [3.8, 4) is 5.75 Å². The Morgan fingerprint density at radius 3 is 2.62 bits per heavy atom. The van der Waals surface area contributed by atoms with Gasteiger partial charge in [-0.2, -0.15) is 0 Å². The summed E-state index contributed by atoms with van der Waals surface area (Å²) in [6, 6.07) is 12.0. The van der Waals surface area contributed by atoms with Gasteiger partial charge in [-0.15, -0.1) is 11.3 Å². The van der Waals surface area contributed by atoms with Gasteiger partial charge in [0.15, 0.2) is 0 Å². The second kappa shape index (κ2) is 9.10. The Kier molecular flexibility index (Phi) is 6.15. The van der Waals surface area contributed by atoms with Gasteiger partial charge in [0.1, 0.15) is 21.8 Å². The van der Waals surface area contributed by atoms with Crippen LogP contribution in [0, 0.1) is 0 Å². The summed E-state index contributed by atoms with van der Waals surface area (Å²) in [6.07, 6.45) is 5.64. The fourth-order valence-corrected chi connectivity index (χ4v) is 6.12. The molecule has 34 heavy (non-hydrogen) atoms. The lowest BCUT2D eigenvalue weighted by molar-refractivity contribution is -0.134. The zero-order chi connectivity index (χ0) is 23.9. The van der Waals surface area contributed by atoms with Crippen LogP contribution in [-0.2, 0) is 17.9 Å². The number of hydrogen-bond donors (Lipinski definition) is 1. The maximum atomic E-state index is 13.8. The number of carbonyl (C=O) groups excluding carboxylic acids is 2. The lowest BCUT2D eigenvalue weighted by atomic mass is 9.91. The third kappa shape index (κ3) is 4.22. The Morgan fingerprint density at radius 1 is 1.18 bits per heavy atom. The van der Waals surface area contributed by atoms with Crippen LogP contribution in [0.25, 0.3) is 10.2 Å². The van der Waals surface area contributed by atoms with Crippen LogP contribution < -0.4 is 10.1 Å². The molecule has 2 aromatic heterocycles. The molecule has 1 atom stereocenters. The van der Waals surface area contributed by atoms with E-state index >= 15 is 0 Å². The normalized spacial score (nSPS) is 21.2. The Labute approximate surface area is 204 Å². The SMILES string of the molecule is CC(C)Oc1ccc(CN2C(=O)c3cc4ccsc4n3CC2(C)C(=O)NC2CCCCC2)cc1. The Morgan fingerprint density at radius 2 is 1.91 bits per heavy atom. The number of nitrogens with zero attached hydrogens (tertiary/aromatic N) is 2. The summed E-state index contributed by atoms with van der Waals surface area (Å²) in [4.78, 5) is 30.4. The van der Waals surface area contributed by atoms with Crippen molar-refractivity contribution < 1.29 is 14.3 Å². The largest absolute Gasteiger partial charge is 0.491 e. The van der Waals surface area contributed by atoms with Gasteiger partial charge >= 0.3 is 0 Å². The lowest BCUT2D eigenvalue weighted by Gasteiger charge is -2.44. The Bertz CT molecular complexity index is 1190. The molecule has 1 aliphatic carbocycles. The molecule has 3 heterocycles. The van der Waals surface area contributed by atoms with E-state index in [-0.39, 0.29) is 24.0 Å². The number of rotatable bonds is 6. The third-order valence-electron chi connectivity index (χ3n) is 7.09. The topological polar surface area (TPSA) is 63.6 Å². The van der Waals surface area contributed by atoms with Gasteiger partial charge in [-0.1, -0.05) is 31.4 Å². The van der Waals surface area contributed by atoms with E-state index < -0.39 is 5.54 Å². The molecule has 7 heteroatoms. The van der Waals surface area contributed by atoms with E-state index in [9.17, 15) is 9.59 Å². The number of ether oxygens (including phenoxy) is 1. The van der Waals surface area contributed by atoms with Gasteiger partial charge in [0.25, 0.3) is 5.91 Å². The number of amides is 2. The van der Waals surface area contributed by atoms with Gasteiger partial charge in [-0.05, 0) is 68.8 Å². The molecule has 2 aliphatic rings. The van der Waals surface area contributed by atoms with E-state index in [2.05, 4.69) is 5.32 Å². The van der Waals surface area contributed by atoms with Crippen molar-refractivity contribution in [3.63, 3.8) is 0 Å². The molecule has 1 aromatic carbocycles. The molecule has 1 unspecified atom stereocenters. The Balaban J connectivity index is 1.47. The first-order valence-electron chi connectivity index (χ1n) is 12.3. The molecule has 1 N–H and O–H groups in total. The second-order valence-corrected chi connectivity index (χ2v) is 11.0. The van der Waals surface area contributed by atoms with Gasteiger partial charge < -0.3 is 19.5 Å². The minimum absolute atomic E-state index is 0.0587. The van der Waals surface area contributed by atoms with E-state index in [0.29, 0.717) is 18.8 Å². The number of hydrogen-bond acceptors (Lipinski definition) is 4. The molecule has 2 amide bonds. The summed E-state index contributed by atoms with van der Waals surface area (Å²) in [6.45, 7) is 6.73. The highest BCUT2D eigenvalue weighted by Crippen LogP contribution is 2.36.